The van der Waals surface area contributed by atoms with Crippen molar-refractivity contribution in [2.75, 3.05) is 31.1 Å². The molecule has 0 aromatic heterocycles. The highest BCUT2D eigenvalue weighted by Crippen LogP contribution is 2.43. The number of allylic oxidation sites excluding steroid dienone is 6. The zero-order valence-electron chi connectivity index (χ0n) is 22.4. The van der Waals surface area contributed by atoms with Gasteiger partial charge in [-0.15, -0.1) is 0 Å². The van der Waals surface area contributed by atoms with Crippen LogP contribution in [0.15, 0.2) is 59.0 Å². The number of phenolic OH excluding ortho intramolecular Hbond substituents is 1. The third kappa shape index (κ3) is 5.53. The van der Waals surface area contributed by atoms with Crippen LogP contribution in [0, 0.1) is 5.92 Å². The lowest BCUT2D eigenvalue weighted by Crippen LogP contribution is -2.27. The van der Waals surface area contributed by atoms with E-state index in [1.165, 1.54) is 44.6 Å². The Morgan fingerprint density at radius 3 is 2.19 bits per heavy atom. The molecule has 198 valence electrons. The van der Waals surface area contributed by atoms with E-state index in [4.69, 9.17) is 0 Å². The Morgan fingerprint density at radius 1 is 0.892 bits per heavy atom. The Kier molecular flexibility index (Phi) is 8.57. The van der Waals surface area contributed by atoms with Crippen molar-refractivity contribution in [1.29, 1.82) is 0 Å². The quantitative estimate of drug-likeness (QED) is 0.280. The normalized spacial score (nSPS) is 19.9. The number of aromatic hydroxyl groups is 1. The lowest BCUT2D eigenvalue weighted by Gasteiger charge is -2.27. The van der Waals surface area contributed by atoms with Gasteiger partial charge in [0, 0.05) is 60.8 Å². The Hall–Kier alpha value is -3.28. The molecule has 6 heteroatoms. The number of aliphatic hydroxyl groups is 1. The molecule has 0 atom stereocenters. The molecule has 1 fully saturated rings. The molecule has 0 bridgehead atoms. The van der Waals surface area contributed by atoms with Crippen molar-refractivity contribution in [2.45, 2.75) is 65.7 Å². The molecule has 4 rings (SSSR count). The lowest BCUT2D eigenvalue weighted by atomic mass is 9.79. The summed E-state index contributed by atoms with van der Waals surface area (Å²) in [6.07, 6.45) is 14.1. The summed E-state index contributed by atoms with van der Waals surface area (Å²) in [5, 5.41) is 21.6. The van der Waals surface area contributed by atoms with Gasteiger partial charge in [-0.05, 0) is 57.4 Å². The average Bonchev–Trinajstić information content (AvgIpc) is 3.41. The second kappa shape index (κ2) is 11.8. The number of carbonyl (C=O) groups excluding carboxylic acids is 2. The SMILES string of the molecule is CCN(CC)C1=CC(=O)C(=C2C(=O)C(c3ccc(N(CC)CCCCC4CCCC4)cc3O)=C2O)C=C1. The lowest BCUT2D eigenvalue weighted by molar-refractivity contribution is -0.114. The van der Waals surface area contributed by atoms with Crippen LogP contribution in [-0.2, 0) is 9.59 Å². The van der Waals surface area contributed by atoms with Crippen LogP contribution in [0.5, 0.6) is 5.75 Å². The minimum absolute atomic E-state index is 0.0204. The zero-order valence-corrected chi connectivity index (χ0v) is 22.4. The molecule has 1 saturated carbocycles. The van der Waals surface area contributed by atoms with Crippen molar-refractivity contribution in [2.24, 2.45) is 5.92 Å². The number of phenols is 1. The van der Waals surface area contributed by atoms with E-state index in [-0.39, 0.29) is 34.0 Å². The van der Waals surface area contributed by atoms with E-state index in [0.29, 0.717) is 5.56 Å². The van der Waals surface area contributed by atoms with Gasteiger partial charge >= 0.3 is 0 Å². The maximum Gasteiger partial charge on any atom is 0.202 e. The largest absolute Gasteiger partial charge is 0.507 e. The number of ketones is 2. The van der Waals surface area contributed by atoms with Crippen LogP contribution in [0.4, 0.5) is 5.69 Å². The molecule has 6 nitrogen and oxygen atoms in total. The summed E-state index contributed by atoms with van der Waals surface area (Å²) in [6.45, 7) is 9.41. The summed E-state index contributed by atoms with van der Waals surface area (Å²) >= 11 is 0. The van der Waals surface area contributed by atoms with Crippen LogP contribution in [-0.4, -0.2) is 52.9 Å². The van der Waals surface area contributed by atoms with Gasteiger partial charge in [0.1, 0.15) is 11.5 Å². The number of hydrogen-bond donors (Lipinski definition) is 2. The molecular formula is C31H40N2O4. The average molecular weight is 505 g/mol. The predicted molar refractivity (Wildman–Crippen MR) is 149 cm³/mol. The summed E-state index contributed by atoms with van der Waals surface area (Å²) in [4.78, 5) is 30.1. The van der Waals surface area contributed by atoms with Gasteiger partial charge in [0.25, 0.3) is 0 Å². The second-order valence-corrected chi connectivity index (χ2v) is 10.2. The van der Waals surface area contributed by atoms with E-state index < -0.39 is 5.78 Å². The Morgan fingerprint density at radius 2 is 1.59 bits per heavy atom. The van der Waals surface area contributed by atoms with Gasteiger partial charge in [-0.1, -0.05) is 38.5 Å². The van der Waals surface area contributed by atoms with Crippen LogP contribution in [0.25, 0.3) is 5.57 Å². The number of carbonyl (C=O) groups is 2. The van der Waals surface area contributed by atoms with E-state index in [1.807, 2.05) is 24.8 Å². The number of Topliss-reactive ketones (excluding diaryl/α,β-unsaturated/α-hetero) is 1. The van der Waals surface area contributed by atoms with Gasteiger partial charge < -0.3 is 20.0 Å². The number of hydrogen-bond acceptors (Lipinski definition) is 6. The Balaban J connectivity index is 1.47. The third-order valence-corrected chi connectivity index (χ3v) is 8.05. The molecule has 37 heavy (non-hydrogen) atoms. The molecular weight excluding hydrogens is 464 g/mol. The van der Waals surface area contributed by atoms with Gasteiger partial charge in [-0.25, -0.2) is 0 Å². The summed E-state index contributed by atoms with van der Waals surface area (Å²) in [5.74, 6) is -0.105. The number of unbranched alkanes of at least 4 members (excludes halogenated alkanes) is 1. The molecule has 2 N–H and O–H groups in total. The topological polar surface area (TPSA) is 81.1 Å². The molecule has 0 unspecified atom stereocenters. The first-order chi connectivity index (χ1) is 17.9. The fraction of sp³-hybridized carbons (Fsp3) is 0.484. The number of rotatable bonds is 11. The highest BCUT2D eigenvalue weighted by molar-refractivity contribution is 6.41. The first-order valence-electron chi connectivity index (χ1n) is 13.9. The fourth-order valence-electron chi connectivity index (χ4n) is 5.84. The molecule has 0 spiro atoms. The Bertz CT molecular complexity index is 1160. The molecule has 0 heterocycles. The number of aliphatic hydroxyl groups excluding tert-OH is 1. The summed E-state index contributed by atoms with van der Waals surface area (Å²) < 4.78 is 0. The van der Waals surface area contributed by atoms with Gasteiger partial charge in [0.05, 0.1) is 11.1 Å². The van der Waals surface area contributed by atoms with E-state index >= 15 is 0 Å². The van der Waals surface area contributed by atoms with Crippen molar-refractivity contribution in [3.8, 4) is 5.75 Å². The zero-order chi connectivity index (χ0) is 26.5. The van der Waals surface area contributed by atoms with Gasteiger partial charge in [-0.2, -0.15) is 0 Å². The standard InChI is InChI=1S/C31H40N2O4/c1-4-32(5-2)22-14-16-24(26(34)19-22)28-30(36)29(31(28)37)25-17-15-23(20-27(25)35)33(6-3)18-10-9-13-21-11-7-8-12-21/h14-17,19-21,35-36H,4-13,18H2,1-3H3. The van der Waals surface area contributed by atoms with E-state index in [1.54, 1.807) is 24.3 Å². The molecule has 3 aliphatic carbocycles. The first-order valence-corrected chi connectivity index (χ1v) is 13.9. The summed E-state index contributed by atoms with van der Waals surface area (Å²) in [6, 6.07) is 5.24. The monoisotopic (exact) mass is 504 g/mol. The highest BCUT2D eigenvalue weighted by atomic mass is 16.3. The minimum Gasteiger partial charge on any atom is -0.507 e. The van der Waals surface area contributed by atoms with E-state index in [9.17, 15) is 19.8 Å². The minimum atomic E-state index is -0.424. The van der Waals surface area contributed by atoms with Crippen molar-refractivity contribution >= 4 is 22.8 Å². The first kappa shape index (κ1) is 26.8. The molecule has 1 aromatic carbocycles. The van der Waals surface area contributed by atoms with Crippen LogP contribution in [0.1, 0.15) is 71.3 Å². The van der Waals surface area contributed by atoms with Crippen molar-refractivity contribution < 1.29 is 19.8 Å². The van der Waals surface area contributed by atoms with E-state index in [0.717, 1.165) is 49.9 Å². The fourth-order valence-corrected chi connectivity index (χ4v) is 5.84. The molecule has 0 aliphatic heterocycles. The number of likely N-dealkylation sites (N-methyl/N-ethyl adjacent to an activating group) is 1. The molecule has 0 radical (unpaired) electrons. The molecule has 0 amide bonds. The summed E-state index contributed by atoms with van der Waals surface area (Å²) in [5.41, 5.74) is 2.25. The van der Waals surface area contributed by atoms with Crippen molar-refractivity contribution in [3.63, 3.8) is 0 Å². The third-order valence-electron chi connectivity index (χ3n) is 8.05. The summed E-state index contributed by atoms with van der Waals surface area (Å²) in [7, 11) is 0. The number of anilines is 1. The highest BCUT2D eigenvalue weighted by Gasteiger charge is 2.39. The van der Waals surface area contributed by atoms with Crippen molar-refractivity contribution in [1.82, 2.24) is 4.90 Å². The molecule has 0 saturated heterocycles. The van der Waals surface area contributed by atoms with Gasteiger partial charge in [0.15, 0.2) is 5.78 Å². The number of benzene rings is 1. The van der Waals surface area contributed by atoms with Crippen LogP contribution in [0.2, 0.25) is 0 Å². The van der Waals surface area contributed by atoms with Crippen LogP contribution < -0.4 is 4.90 Å². The van der Waals surface area contributed by atoms with Gasteiger partial charge in [0.2, 0.25) is 5.78 Å². The maximum absolute atomic E-state index is 13.0. The number of nitrogens with zero attached hydrogens (tertiary/aromatic N) is 2. The predicted octanol–water partition coefficient (Wildman–Crippen LogP) is 6.09. The smallest absolute Gasteiger partial charge is 0.202 e. The molecule has 3 aliphatic rings. The Labute approximate surface area is 220 Å². The van der Waals surface area contributed by atoms with Gasteiger partial charge in [-0.3, -0.25) is 9.59 Å². The second-order valence-electron chi connectivity index (χ2n) is 10.2. The van der Waals surface area contributed by atoms with Crippen molar-refractivity contribution in [3.05, 3.63) is 64.6 Å². The van der Waals surface area contributed by atoms with Crippen LogP contribution >= 0.6 is 0 Å². The maximum atomic E-state index is 13.0. The molecule has 1 aromatic rings. The van der Waals surface area contributed by atoms with E-state index in [2.05, 4.69) is 11.8 Å². The van der Waals surface area contributed by atoms with Crippen LogP contribution in [0.3, 0.4) is 0 Å².